The average molecular weight is 505 g/mol. The summed E-state index contributed by atoms with van der Waals surface area (Å²) in [7, 11) is 2.24. The van der Waals surface area contributed by atoms with Crippen molar-refractivity contribution < 1.29 is 9.90 Å². The third-order valence-corrected chi connectivity index (χ3v) is 8.41. The summed E-state index contributed by atoms with van der Waals surface area (Å²) in [6.07, 6.45) is 7.88. The molecule has 5 heteroatoms. The summed E-state index contributed by atoms with van der Waals surface area (Å²) in [5, 5.41) is 13.4. The van der Waals surface area contributed by atoms with Crippen LogP contribution in [0.5, 0.6) is 0 Å². The molecule has 2 aliphatic heterocycles. The molecule has 2 atom stereocenters. The molecular formula is C31H40N2O2S. The van der Waals surface area contributed by atoms with Gasteiger partial charge in [-0.2, -0.15) is 11.3 Å². The van der Waals surface area contributed by atoms with E-state index in [0.717, 1.165) is 31.0 Å². The van der Waals surface area contributed by atoms with Crippen molar-refractivity contribution in [3.8, 4) is 0 Å². The van der Waals surface area contributed by atoms with Gasteiger partial charge in [0, 0.05) is 6.54 Å². The number of carboxylic acid groups (broad SMARTS) is 1. The zero-order chi connectivity index (χ0) is 25.2. The molecule has 0 aliphatic carbocycles. The molecule has 0 spiro atoms. The maximum absolute atomic E-state index is 11.6. The van der Waals surface area contributed by atoms with Crippen molar-refractivity contribution in [2.75, 3.05) is 33.2 Å². The second kappa shape index (κ2) is 13.7. The second-order valence-corrected chi connectivity index (χ2v) is 11.1. The van der Waals surface area contributed by atoms with Gasteiger partial charge in [-0.1, -0.05) is 67.1 Å². The summed E-state index contributed by atoms with van der Waals surface area (Å²) in [5.74, 6) is 0.675. The summed E-state index contributed by atoms with van der Waals surface area (Å²) >= 11 is 1.55. The number of benzene rings is 2. The van der Waals surface area contributed by atoms with Crippen LogP contribution >= 0.6 is 11.3 Å². The van der Waals surface area contributed by atoms with Crippen LogP contribution in [-0.2, 0) is 11.2 Å². The Morgan fingerprint density at radius 1 is 0.972 bits per heavy atom. The highest BCUT2D eigenvalue weighted by molar-refractivity contribution is 7.08. The first-order chi connectivity index (χ1) is 17.6. The quantitative estimate of drug-likeness (QED) is 0.370. The molecule has 0 amide bonds. The van der Waals surface area contributed by atoms with Gasteiger partial charge in [0.25, 0.3) is 0 Å². The van der Waals surface area contributed by atoms with Crippen molar-refractivity contribution in [2.45, 2.75) is 50.5 Å². The molecular weight excluding hydrogens is 464 g/mol. The summed E-state index contributed by atoms with van der Waals surface area (Å²) in [4.78, 5) is 16.1. The van der Waals surface area contributed by atoms with Gasteiger partial charge in [-0.25, -0.2) is 0 Å². The van der Waals surface area contributed by atoms with E-state index in [1.807, 2.05) is 35.0 Å². The van der Waals surface area contributed by atoms with E-state index in [9.17, 15) is 9.90 Å². The van der Waals surface area contributed by atoms with E-state index in [1.165, 1.54) is 56.3 Å². The van der Waals surface area contributed by atoms with Gasteiger partial charge in [-0.15, -0.1) is 0 Å². The molecule has 3 heterocycles. The Kier molecular flexibility index (Phi) is 10.1. The lowest BCUT2D eigenvalue weighted by Gasteiger charge is -2.28. The molecule has 4 nitrogen and oxygen atoms in total. The molecule has 0 bridgehead atoms. The second-order valence-electron chi connectivity index (χ2n) is 10.3. The molecule has 2 saturated heterocycles. The Bertz CT molecular complexity index is 1020. The third kappa shape index (κ3) is 7.76. The number of aryl methyl sites for hydroxylation is 1. The van der Waals surface area contributed by atoms with Gasteiger partial charge in [0.05, 0.1) is 0 Å². The molecule has 1 N–H and O–H groups in total. The van der Waals surface area contributed by atoms with E-state index >= 15 is 0 Å². The maximum atomic E-state index is 11.6. The number of nitrogens with zero attached hydrogens (tertiary/aromatic N) is 2. The fraction of sp³-hybridized carbons (Fsp3) is 0.452. The number of piperidine rings is 1. The Hall–Kier alpha value is -2.47. The summed E-state index contributed by atoms with van der Waals surface area (Å²) in [6, 6.07) is 22.7. The van der Waals surface area contributed by atoms with Crippen LogP contribution in [-0.4, -0.2) is 54.1 Å². The zero-order valence-electron chi connectivity index (χ0n) is 21.5. The number of thiophene rings is 1. The van der Waals surface area contributed by atoms with E-state index in [1.54, 1.807) is 11.3 Å². The van der Waals surface area contributed by atoms with Gasteiger partial charge in [0.1, 0.15) is 6.04 Å². The fourth-order valence-corrected chi connectivity index (χ4v) is 6.23. The van der Waals surface area contributed by atoms with Crippen molar-refractivity contribution in [2.24, 2.45) is 5.92 Å². The van der Waals surface area contributed by atoms with Crippen LogP contribution in [0.2, 0.25) is 0 Å². The molecule has 2 aromatic carbocycles. The van der Waals surface area contributed by atoms with Gasteiger partial charge < -0.3 is 10.0 Å². The van der Waals surface area contributed by atoms with Crippen LogP contribution in [0.4, 0.5) is 0 Å². The summed E-state index contributed by atoms with van der Waals surface area (Å²) in [6.45, 7) is 4.26. The average Bonchev–Trinajstić information content (AvgIpc) is 3.60. The number of carbonyl (C=O) groups is 1. The van der Waals surface area contributed by atoms with Crippen LogP contribution in [0.15, 0.2) is 77.5 Å². The number of hydrogen-bond acceptors (Lipinski definition) is 4. The lowest BCUT2D eigenvalue weighted by molar-refractivity contribution is -0.143. The third-order valence-electron chi connectivity index (χ3n) is 7.71. The monoisotopic (exact) mass is 504 g/mol. The van der Waals surface area contributed by atoms with Gasteiger partial charge in [-0.05, 0) is 104 Å². The highest BCUT2D eigenvalue weighted by Gasteiger charge is 2.34. The molecule has 2 aliphatic rings. The minimum Gasteiger partial charge on any atom is -0.480 e. The fourth-order valence-electron chi connectivity index (χ4n) is 5.55. The van der Waals surface area contributed by atoms with Crippen molar-refractivity contribution >= 4 is 17.3 Å². The molecule has 0 unspecified atom stereocenters. The first-order valence-electron chi connectivity index (χ1n) is 13.4. The summed E-state index contributed by atoms with van der Waals surface area (Å²) < 4.78 is 0. The van der Waals surface area contributed by atoms with Crippen molar-refractivity contribution in [1.82, 2.24) is 9.80 Å². The first-order valence-corrected chi connectivity index (χ1v) is 14.3. The Morgan fingerprint density at radius 2 is 1.67 bits per heavy atom. The normalized spacial score (nSPS) is 20.0. The van der Waals surface area contributed by atoms with Crippen LogP contribution in [0.25, 0.3) is 0 Å². The Balaban J connectivity index is 0.000000174. The van der Waals surface area contributed by atoms with E-state index in [4.69, 9.17) is 0 Å². The van der Waals surface area contributed by atoms with Crippen LogP contribution in [0, 0.1) is 5.92 Å². The lowest BCUT2D eigenvalue weighted by atomic mass is 9.91. The van der Waals surface area contributed by atoms with Crippen LogP contribution in [0.3, 0.4) is 0 Å². The van der Waals surface area contributed by atoms with Crippen molar-refractivity contribution in [3.63, 3.8) is 0 Å². The van der Waals surface area contributed by atoms with Gasteiger partial charge in [-0.3, -0.25) is 9.69 Å². The number of aliphatic carboxylic acids is 1. The molecule has 2 fully saturated rings. The van der Waals surface area contributed by atoms with Crippen molar-refractivity contribution in [1.29, 1.82) is 0 Å². The molecule has 192 valence electrons. The Morgan fingerprint density at radius 3 is 2.31 bits per heavy atom. The number of carboxylic acids is 1. The predicted octanol–water partition coefficient (Wildman–Crippen LogP) is 6.71. The number of rotatable bonds is 8. The topological polar surface area (TPSA) is 43.8 Å². The maximum Gasteiger partial charge on any atom is 0.325 e. The highest BCUT2D eigenvalue weighted by Crippen LogP contribution is 2.33. The van der Waals surface area contributed by atoms with Crippen LogP contribution in [0.1, 0.15) is 60.8 Å². The van der Waals surface area contributed by atoms with Crippen LogP contribution < -0.4 is 0 Å². The van der Waals surface area contributed by atoms with E-state index < -0.39 is 12.0 Å². The molecule has 5 rings (SSSR count). The SMILES string of the molecule is CN1CCC(CCCc2ccccc2)CC1.O=C(O)[C@@H](c1ccsc1)N1CC[C@@H](c2ccccc2)C1. The first kappa shape index (κ1) is 26.6. The van der Waals surface area contributed by atoms with E-state index in [0.29, 0.717) is 5.92 Å². The summed E-state index contributed by atoms with van der Waals surface area (Å²) in [5.41, 5.74) is 3.70. The minimum absolute atomic E-state index is 0.441. The number of hydrogen-bond donors (Lipinski definition) is 1. The number of likely N-dealkylation sites (tertiary alicyclic amines) is 2. The molecule has 36 heavy (non-hydrogen) atoms. The molecule has 0 saturated carbocycles. The minimum atomic E-state index is -0.753. The largest absolute Gasteiger partial charge is 0.480 e. The standard InChI is InChI=1S/C16H17NO2S.C15H23N/c18-16(19)15(14-7-9-20-11-14)17-8-6-13(10-17)12-4-2-1-3-5-12;1-16-12-10-15(11-13-16)9-5-8-14-6-3-2-4-7-14/h1-5,7,9,11,13,15H,6,8,10H2,(H,18,19);2-4,6-7,15H,5,8-13H2,1H3/t13-,15-;/m1./s1. The smallest absolute Gasteiger partial charge is 0.325 e. The van der Waals surface area contributed by atoms with E-state index in [-0.39, 0.29) is 0 Å². The predicted molar refractivity (Wildman–Crippen MR) is 150 cm³/mol. The zero-order valence-corrected chi connectivity index (χ0v) is 22.3. The van der Waals surface area contributed by atoms with Gasteiger partial charge in [0.2, 0.25) is 0 Å². The van der Waals surface area contributed by atoms with E-state index in [2.05, 4.69) is 59.3 Å². The molecule has 3 aromatic rings. The van der Waals surface area contributed by atoms with Gasteiger partial charge in [0.15, 0.2) is 0 Å². The molecule has 1 aromatic heterocycles. The lowest BCUT2D eigenvalue weighted by Crippen LogP contribution is -2.32. The highest BCUT2D eigenvalue weighted by atomic mass is 32.1. The molecule has 0 radical (unpaired) electrons. The van der Waals surface area contributed by atoms with Crippen molar-refractivity contribution in [3.05, 3.63) is 94.2 Å². The Labute approximate surface area is 220 Å². The van der Waals surface area contributed by atoms with Gasteiger partial charge >= 0.3 is 5.97 Å².